The van der Waals surface area contributed by atoms with E-state index in [9.17, 15) is 29.1 Å². The Morgan fingerprint density at radius 1 is 0.980 bits per heavy atom. The molecule has 2 heterocycles. The number of nitrogens with zero attached hydrogens (tertiary/aromatic N) is 4. The maximum atomic E-state index is 14.8. The van der Waals surface area contributed by atoms with Gasteiger partial charge in [0.15, 0.2) is 0 Å². The average molecular weight is 700 g/mol. The van der Waals surface area contributed by atoms with Gasteiger partial charge in [0.1, 0.15) is 23.2 Å². The number of likely N-dealkylation sites (tertiary alicyclic amines) is 1. The molecule has 1 unspecified atom stereocenters. The van der Waals surface area contributed by atoms with Crippen LogP contribution in [-0.4, -0.2) is 78.6 Å². The van der Waals surface area contributed by atoms with Gasteiger partial charge in [0.25, 0.3) is 11.8 Å². The smallest absolute Gasteiger partial charge is 0.287 e. The number of primary amides is 1. The second-order valence-electron chi connectivity index (χ2n) is 15.2. The molecule has 0 radical (unpaired) electrons. The van der Waals surface area contributed by atoms with E-state index >= 15 is 0 Å². The van der Waals surface area contributed by atoms with Gasteiger partial charge in [0.05, 0.1) is 17.9 Å². The fourth-order valence-corrected chi connectivity index (χ4v) is 8.30. The third kappa shape index (κ3) is 7.83. The number of ketones is 1. The minimum absolute atomic E-state index is 0.0487. The maximum Gasteiger partial charge on any atom is 0.287 e. The van der Waals surface area contributed by atoms with Gasteiger partial charge in [0.2, 0.25) is 17.6 Å². The molecule has 4 amide bonds. The molecule has 3 atom stereocenters. The van der Waals surface area contributed by atoms with Crippen molar-refractivity contribution in [3.8, 4) is 0 Å². The highest BCUT2D eigenvalue weighted by Crippen LogP contribution is 2.35. The van der Waals surface area contributed by atoms with Crippen LogP contribution in [0.15, 0.2) is 48.7 Å². The van der Waals surface area contributed by atoms with Gasteiger partial charge < -0.3 is 26.4 Å². The average Bonchev–Trinajstić information content (AvgIpc) is 3.80. The summed E-state index contributed by atoms with van der Waals surface area (Å²) in [5.41, 5.74) is 3.54. The molecule has 0 spiro atoms. The van der Waals surface area contributed by atoms with Crippen LogP contribution in [-0.2, 0) is 24.8 Å². The third-order valence-corrected chi connectivity index (χ3v) is 11.0. The molecule has 1 saturated heterocycles. The molecule has 2 saturated carbocycles. The van der Waals surface area contributed by atoms with Gasteiger partial charge in [-0.3, -0.25) is 24.0 Å². The number of rotatable bonds is 11. The van der Waals surface area contributed by atoms with Crippen LogP contribution in [0.2, 0.25) is 0 Å². The predicted molar refractivity (Wildman–Crippen MR) is 189 cm³/mol. The lowest BCUT2D eigenvalue weighted by molar-refractivity contribution is -0.145. The van der Waals surface area contributed by atoms with Gasteiger partial charge in [0, 0.05) is 18.5 Å². The number of carbonyl (C=O) groups excluding carboxylic acids is 5. The van der Waals surface area contributed by atoms with E-state index in [1.54, 1.807) is 30.7 Å². The Labute approximate surface area is 297 Å². The quantitative estimate of drug-likeness (QED) is 0.219. The summed E-state index contributed by atoms with van der Waals surface area (Å²) in [5.74, 6) is -3.13. The molecule has 2 aliphatic carbocycles. The van der Waals surface area contributed by atoms with E-state index in [4.69, 9.17) is 5.73 Å². The van der Waals surface area contributed by atoms with Crippen molar-refractivity contribution in [2.45, 2.75) is 120 Å². The minimum Gasteiger partial charge on any atom is -0.384 e. The maximum absolute atomic E-state index is 14.8. The lowest BCUT2D eigenvalue weighted by Gasteiger charge is -2.38. The zero-order valence-corrected chi connectivity index (χ0v) is 29.5. The Morgan fingerprint density at radius 2 is 1.67 bits per heavy atom. The molecule has 3 aliphatic rings. The van der Waals surface area contributed by atoms with Gasteiger partial charge >= 0.3 is 0 Å². The van der Waals surface area contributed by atoms with Crippen molar-refractivity contribution >= 4 is 40.2 Å². The van der Waals surface area contributed by atoms with E-state index in [2.05, 4.69) is 20.9 Å². The van der Waals surface area contributed by atoms with E-state index in [-0.39, 0.29) is 37.6 Å². The molecule has 1 aliphatic heterocycles. The molecular weight excluding hydrogens is 650 g/mol. The Hall–Kier alpha value is -4.65. The van der Waals surface area contributed by atoms with E-state index in [1.807, 2.05) is 30.3 Å². The number of aliphatic hydroxyl groups is 1. The molecule has 13 nitrogen and oxygen atoms in total. The summed E-state index contributed by atoms with van der Waals surface area (Å²) in [6.45, 7) is 3.26. The summed E-state index contributed by atoms with van der Waals surface area (Å²) in [6, 6.07) is 10.6. The first-order valence-electron chi connectivity index (χ1n) is 18.3. The SMILES string of the molecule is CC(C)(O)c1cnnn1[C@H]1C[C@@H](C(=O)NC2(C(=O)C(N)=O)CCCCC2)N(C(=O)C(CC2CCCCC2)NC(=O)c2ccc3ccccc3c2)C1. The van der Waals surface area contributed by atoms with Crippen molar-refractivity contribution in [1.82, 2.24) is 30.5 Å². The Bertz CT molecular complexity index is 1790. The zero-order valence-electron chi connectivity index (χ0n) is 29.5. The monoisotopic (exact) mass is 699 g/mol. The summed E-state index contributed by atoms with van der Waals surface area (Å²) < 4.78 is 1.54. The summed E-state index contributed by atoms with van der Waals surface area (Å²) in [7, 11) is 0. The zero-order chi connectivity index (χ0) is 36.3. The van der Waals surface area contributed by atoms with Gasteiger partial charge in [-0.25, -0.2) is 4.68 Å². The molecule has 13 heteroatoms. The van der Waals surface area contributed by atoms with E-state index < -0.39 is 52.8 Å². The molecule has 2 aromatic carbocycles. The highest BCUT2D eigenvalue weighted by atomic mass is 16.3. The molecular formula is C38H49N7O6. The molecule has 1 aromatic heterocycles. The van der Waals surface area contributed by atoms with Crippen molar-refractivity contribution in [3.63, 3.8) is 0 Å². The molecule has 5 N–H and O–H groups in total. The Balaban J connectivity index is 1.33. The molecule has 0 bridgehead atoms. The van der Waals surface area contributed by atoms with E-state index in [1.165, 1.54) is 11.1 Å². The van der Waals surface area contributed by atoms with Crippen LogP contribution in [0.5, 0.6) is 0 Å². The normalized spacial score (nSPS) is 21.6. The van der Waals surface area contributed by atoms with Crippen LogP contribution in [0.3, 0.4) is 0 Å². The van der Waals surface area contributed by atoms with Crippen molar-refractivity contribution in [2.75, 3.05) is 6.54 Å². The highest BCUT2D eigenvalue weighted by Gasteiger charge is 2.49. The topological polar surface area (TPSA) is 190 Å². The van der Waals surface area contributed by atoms with Crippen LogP contribution in [0.4, 0.5) is 0 Å². The fraction of sp³-hybridized carbons (Fsp3) is 0.553. The third-order valence-electron chi connectivity index (χ3n) is 11.0. The Morgan fingerprint density at radius 3 is 2.35 bits per heavy atom. The molecule has 51 heavy (non-hydrogen) atoms. The fourth-order valence-electron chi connectivity index (χ4n) is 8.30. The van der Waals surface area contributed by atoms with Crippen molar-refractivity contribution in [3.05, 3.63) is 59.9 Å². The first kappa shape index (κ1) is 36.2. The summed E-state index contributed by atoms with van der Waals surface area (Å²) >= 11 is 0. The predicted octanol–water partition coefficient (Wildman–Crippen LogP) is 3.44. The first-order chi connectivity index (χ1) is 24.4. The molecule has 3 fully saturated rings. The lowest BCUT2D eigenvalue weighted by atomic mass is 9.78. The second kappa shape index (κ2) is 14.9. The number of aromatic nitrogens is 3. The van der Waals surface area contributed by atoms with Gasteiger partial charge in [-0.1, -0.05) is 86.9 Å². The number of benzene rings is 2. The summed E-state index contributed by atoms with van der Waals surface area (Å²) in [4.78, 5) is 69.8. The summed E-state index contributed by atoms with van der Waals surface area (Å²) in [5, 5.41) is 27.0. The van der Waals surface area contributed by atoms with E-state index in [0.717, 1.165) is 49.3 Å². The van der Waals surface area contributed by atoms with Crippen molar-refractivity contribution in [2.24, 2.45) is 11.7 Å². The number of carbonyl (C=O) groups is 5. The number of fused-ring (bicyclic) bond motifs is 1. The van der Waals surface area contributed by atoms with Crippen LogP contribution < -0.4 is 16.4 Å². The van der Waals surface area contributed by atoms with Crippen molar-refractivity contribution < 1.29 is 29.1 Å². The van der Waals surface area contributed by atoms with Crippen LogP contribution in [0.25, 0.3) is 10.8 Å². The largest absolute Gasteiger partial charge is 0.384 e. The highest BCUT2D eigenvalue weighted by molar-refractivity contribution is 6.39. The number of amides is 4. The second-order valence-corrected chi connectivity index (χ2v) is 15.2. The number of nitrogens with two attached hydrogens (primary N) is 1. The van der Waals surface area contributed by atoms with Crippen LogP contribution in [0, 0.1) is 5.92 Å². The minimum atomic E-state index is -1.45. The number of hydrogen-bond donors (Lipinski definition) is 4. The number of hydrogen-bond acceptors (Lipinski definition) is 8. The molecule has 6 rings (SSSR count). The van der Waals surface area contributed by atoms with Crippen molar-refractivity contribution in [1.29, 1.82) is 0 Å². The molecule has 272 valence electrons. The van der Waals surface area contributed by atoms with Gasteiger partial charge in [-0.05, 0) is 61.9 Å². The van der Waals surface area contributed by atoms with E-state index in [0.29, 0.717) is 30.5 Å². The van der Waals surface area contributed by atoms with Gasteiger partial charge in [-0.2, -0.15) is 0 Å². The first-order valence-corrected chi connectivity index (χ1v) is 18.3. The number of nitrogens with one attached hydrogen (secondary N) is 2. The standard InChI is InChI=1S/C38H49N7O6/c1-37(2,51)31-22-40-43-45(31)28-21-30(35(49)42-38(32(46)33(39)47)17-9-4-10-18-38)44(23-28)36(50)29(19-24-11-5-3-6-12-24)41-34(48)27-16-15-25-13-7-8-14-26(25)20-27/h7-8,13-16,20,22,24,28-30,51H,3-6,9-12,17-19,21,23H2,1-2H3,(H2,39,47)(H,41,48)(H,42,49)/t28-,29?,30-/m0/s1. The number of Topliss-reactive ketones (excluding diaryl/α,β-unsaturated/α-hetero) is 1. The van der Waals surface area contributed by atoms with Gasteiger partial charge in [-0.15, -0.1) is 5.10 Å². The van der Waals surface area contributed by atoms with Crippen LogP contribution >= 0.6 is 0 Å². The Kier molecular flexibility index (Phi) is 10.6. The van der Waals surface area contributed by atoms with Crippen LogP contribution in [0.1, 0.15) is 113 Å². The summed E-state index contributed by atoms with van der Waals surface area (Å²) in [6.07, 6.45) is 9.72. The lowest BCUT2D eigenvalue weighted by Crippen LogP contribution is -2.62. The molecule has 3 aromatic rings.